The van der Waals surface area contributed by atoms with Gasteiger partial charge in [-0.3, -0.25) is 14.5 Å². The summed E-state index contributed by atoms with van der Waals surface area (Å²) in [5.74, 6) is 0.646. The fourth-order valence-electron chi connectivity index (χ4n) is 2.46. The van der Waals surface area contributed by atoms with E-state index in [1.807, 2.05) is 6.07 Å². The second-order valence-electron chi connectivity index (χ2n) is 5.60. The SMILES string of the molecule is O=C(CN1C(=O)/C(=C\c2cccc(Cl)c2)SC1=S)N[C@H]1CSC[C@@H]1O. The molecule has 2 fully saturated rings. The average Bonchev–Trinajstić information content (AvgIpc) is 3.06. The fourth-order valence-corrected chi connectivity index (χ4v) is 5.08. The molecule has 5 nitrogen and oxygen atoms in total. The summed E-state index contributed by atoms with van der Waals surface area (Å²) in [5.41, 5.74) is 0.795. The van der Waals surface area contributed by atoms with E-state index in [1.165, 1.54) is 4.90 Å². The number of nitrogens with zero attached hydrogens (tertiary/aromatic N) is 1. The van der Waals surface area contributed by atoms with Gasteiger partial charge in [0.15, 0.2) is 0 Å². The lowest BCUT2D eigenvalue weighted by molar-refractivity contribution is -0.129. The van der Waals surface area contributed by atoms with Crippen LogP contribution in [0, 0.1) is 0 Å². The van der Waals surface area contributed by atoms with Crippen molar-refractivity contribution in [3.8, 4) is 0 Å². The maximum Gasteiger partial charge on any atom is 0.266 e. The number of hydrogen-bond acceptors (Lipinski definition) is 6. The van der Waals surface area contributed by atoms with Gasteiger partial charge in [0.05, 0.1) is 17.1 Å². The highest BCUT2D eigenvalue weighted by Crippen LogP contribution is 2.32. The van der Waals surface area contributed by atoms with E-state index in [2.05, 4.69) is 5.32 Å². The normalized spacial score (nSPS) is 25.0. The van der Waals surface area contributed by atoms with E-state index >= 15 is 0 Å². The van der Waals surface area contributed by atoms with Crippen LogP contribution >= 0.6 is 47.3 Å². The second kappa shape index (κ2) is 8.09. The molecule has 2 N–H and O–H groups in total. The van der Waals surface area contributed by atoms with Gasteiger partial charge in [0.1, 0.15) is 10.9 Å². The topological polar surface area (TPSA) is 69.6 Å². The maximum atomic E-state index is 12.5. The maximum absolute atomic E-state index is 12.5. The van der Waals surface area contributed by atoms with E-state index in [9.17, 15) is 14.7 Å². The van der Waals surface area contributed by atoms with Crippen LogP contribution < -0.4 is 5.32 Å². The minimum Gasteiger partial charge on any atom is -0.390 e. The number of carbonyl (C=O) groups is 2. The van der Waals surface area contributed by atoms with Gasteiger partial charge >= 0.3 is 0 Å². The molecule has 0 bridgehead atoms. The number of nitrogens with one attached hydrogen (secondary N) is 1. The third kappa shape index (κ3) is 4.57. The first-order valence-electron chi connectivity index (χ1n) is 7.50. The molecule has 1 aromatic rings. The first-order valence-corrected chi connectivity index (χ1v) is 10.3. The molecule has 3 rings (SSSR count). The minimum atomic E-state index is -0.553. The van der Waals surface area contributed by atoms with Crippen molar-refractivity contribution in [2.75, 3.05) is 18.1 Å². The smallest absolute Gasteiger partial charge is 0.266 e. The Morgan fingerprint density at radius 1 is 1.48 bits per heavy atom. The van der Waals surface area contributed by atoms with Gasteiger partial charge in [-0.2, -0.15) is 11.8 Å². The van der Waals surface area contributed by atoms with E-state index < -0.39 is 6.10 Å². The molecular weight excluding hydrogens is 400 g/mol. The lowest BCUT2D eigenvalue weighted by atomic mass is 10.2. The molecule has 0 spiro atoms. The number of halogens is 1. The molecule has 0 aliphatic carbocycles. The molecule has 9 heteroatoms. The number of rotatable bonds is 4. The van der Waals surface area contributed by atoms with Crippen LogP contribution in [0.15, 0.2) is 29.2 Å². The van der Waals surface area contributed by atoms with Gasteiger partial charge in [-0.1, -0.05) is 47.7 Å². The first kappa shape index (κ1) is 18.7. The molecule has 2 heterocycles. The molecule has 2 atom stereocenters. The molecule has 0 aromatic heterocycles. The number of hydrogen-bond donors (Lipinski definition) is 2. The third-order valence-electron chi connectivity index (χ3n) is 3.72. The highest BCUT2D eigenvalue weighted by Gasteiger charge is 2.34. The minimum absolute atomic E-state index is 0.147. The van der Waals surface area contributed by atoms with Crippen molar-refractivity contribution in [1.82, 2.24) is 10.2 Å². The Morgan fingerprint density at radius 2 is 2.28 bits per heavy atom. The highest BCUT2D eigenvalue weighted by molar-refractivity contribution is 8.26. The largest absolute Gasteiger partial charge is 0.390 e. The van der Waals surface area contributed by atoms with Gasteiger partial charge in [0.25, 0.3) is 5.91 Å². The van der Waals surface area contributed by atoms with Gasteiger partial charge in [0.2, 0.25) is 5.91 Å². The fraction of sp³-hybridized carbons (Fsp3) is 0.312. The van der Waals surface area contributed by atoms with Crippen LogP contribution in [0.1, 0.15) is 5.56 Å². The molecule has 1 aromatic carbocycles. The number of aliphatic hydroxyl groups excluding tert-OH is 1. The van der Waals surface area contributed by atoms with Crippen LogP contribution in [0.25, 0.3) is 6.08 Å². The van der Waals surface area contributed by atoms with Crippen LogP contribution in [0.2, 0.25) is 5.02 Å². The summed E-state index contributed by atoms with van der Waals surface area (Å²) >= 11 is 13.9. The molecule has 2 aliphatic rings. The molecule has 25 heavy (non-hydrogen) atoms. The van der Waals surface area contributed by atoms with E-state index in [1.54, 1.807) is 36.0 Å². The van der Waals surface area contributed by atoms with Crippen molar-refractivity contribution in [1.29, 1.82) is 0 Å². The molecule has 2 saturated heterocycles. The van der Waals surface area contributed by atoms with Gasteiger partial charge < -0.3 is 10.4 Å². The van der Waals surface area contributed by atoms with Crippen molar-refractivity contribution in [3.05, 3.63) is 39.8 Å². The summed E-state index contributed by atoms with van der Waals surface area (Å²) in [5, 5.41) is 13.1. The number of thiocarbonyl (C=S) groups is 1. The van der Waals surface area contributed by atoms with Crippen molar-refractivity contribution in [2.45, 2.75) is 12.1 Å². The number of amides is 2. The van der Waals surface area contributed by atoms with Gasteiger partial charge in [-0.25, -0.2) is 0 Å². The van der Waals surface area contributed by atoms with E-state index in [-0.39, 0.29) is 24.4 Å². The molecule has 0 radical (unpaired) electrons. The van der Waals surface area contributed by atoms with Gasteiger partial charge in [-0.15, -0.1) is 0 Å². The Balaban J connectivity index is 1.66. The Bertz CT molecular complexity index is 756. The summed E-state index contributed by atoms with van der Waals surface area (Å²) in [6.07, 6.45) is 1.16. The monoisotopic (exact) mass is 414 g/mol. The van der Waals surface area contributed by atoms with E-state index in [0.29, 0.717) is 25.8 Å². The highest BCUT2D eigenvalue weighted by atomic mass is 35.5. The lowest BCUT2D eigenvalue weighted by Crippen LogP contribution is -2.47. The molecular formula is C16H15ClN2O3S3. The Morgan fingerprint density at radius 3 is 2.96 bits per heavy atom. The molecule has 2 aliphatic heterocycles. The summed E-state index contributed by atoms with van der Waals surface area (Å²) in [6.45, 7) is -0.147. The number of benzene rings is 1. The average molecular weight is 415 g/mol. The number of carbonyl (C=O) groups excluding carboxylic acids is 2. The van der Waals surface area contributed by atoms with Crippen molar-refractivity contribution in [2.24, 2.45) is 0 Å². The van der Waals surface area contributed by atoms with E-state index in [0.717, 1.165) is 17.3 Å². The predicted octanol–water partition coefficient (Wildman–Crippen LogP) is 2.13. The van der Waals surface area contributed by atoms with Crippen molar-refractivity contribution < 1.29 is 14.7 Å². The lowest BCUT2D eigenvalue weighted by Gasteiger charge is -2.18. The first-order chi connectivity index (χ1) is 11.9. The summed E-state index contributed by atoms with van der Waals surface area (Å²) < 4.78 is 0.342. The van der Waals surface area contributed by atoms with Gasteiger partial charge in [-0.05, 0) is 23.8 Å². The Labute approximate surface area is 164 Å². The van der Waals surface area contributed by atoms with Crippen LogP contribution in [-0.2, 0) is 9.59 Å². The second-order valence-corrected chi connectivity index (χ2v) is 8.79. The quantitative estimate of drug-likeness (QED) is 0.581. The Kier molecular flexibility index (Phi) is 6.06. The van der Waals surface area contributed by atoms with Crippen molar-refractivity contribution >= 4 is 69.6 Å². The molecule has 0 saturated carbocycles. The van der Waals surface area contributed by atoms with Crippen LogP contribution in [0.4, 0.5) is 0 Å². The van der Waals surface area contributed by atoms with Crippen LogP contribution in [-0.4, -0.2) is 56.3 Å². The Hall–Kier alpha value is -1.06. The molecule has 2 amide bonds. The summed E-state index contributed by atoms with van der Waals surface area (Å²) in [6, 6.07) is 6.86. The predicted molar refractivity (Wildman–Crippen MR) is 107 cm³/mol. The zero-order valence-corrected chi connectivity index (χ0v) is 16.2. The summed E-state index contributed by atoms with van der Waals surface area (Å²) in [4.78, 5) is 26.4. The zero-order valence-electron chi connectivity index (χ0n) is 13.0. The van der Waals surface area contributed by atoms with Crippen LogP contribution in [0.3, 0.4) is 0 Å². The van der Waals surface area contributed by atoms with Crippen molar-refractivity contribution in [3.63, 3.8) is 0 Å². The molecule has 0 unspecified atom stereocenters. The third-order valence-corrected chi connectivity index (χ3v) is 6.50. The number of thioether (sulfide) groups is 2. The molecule has 132 valence electrons. The number of aliphatic hydroxyl groups is 1. The van der Waals surface area contributed by atoms with Crippen LogP contribution in [0.5, 0.6) is 0 Å². The zero-order chi connectivity index (χ0) is 18.0. The standard InChI is InChI=1S/C16H15ClN2O3S3/c17-10-3-1-2-9(4-10)5-13-15(22)19(16(23)25-13)6-14(21)18-11-7-24-8-12(11)20/h1-5,11-12,20H,6-8H2,(H,18,21)/b13-5+/t11-,12-/m0/s1. The van der Waals surface area contributed by atoms with E-state index in [4.69, 9.17) is 23.8 Å². The summed E-state index contributed by atoms with van der Waals surface area (Å²) in [7, 11) is 0. The van der Waals surface area contributed by atoms with Gasteiger partial charge in [0, 0.05) is 16.5 Å².